The van der Waals surface area contributed by atoms with Crippen molar-refractivity contribution in [2.75, 3.05) is 11.5 Å². The maximum Gasteiger partial charge on any atom is 0.331 e. The highest BCUT2D eigenvalue weighted by molar-refractivity contribution is 5.80. The van der Waals surface area contributed by atoms with Gasteiger partial charge >= 0.3 is 5.69 Å². The Morgan fingerprint density at radius 1 is 0.944 bits per heavy atom. The highest BCUT2D eigenvalue weighted by Crippen LogP contribution is 2.18. The van der Waals surface area contributed by atoms with E-state index >= 15 is 0 Å². The molecule has 0 saturated carbocycles. The molecule has 0 spiro atoms. The molecule has 0 amide bonds. The zero-order valence-electron chi connectivity index (χ0n) is 9.55. The second-order valence-corrected chi connectivity index (χ2v) is 4.13. The van der Waals surface area contributed by atoms with Gasteiger partial charge in [0.15, 0.2) is 0 Å². The lowest BCUT2D eigenvalue weighted by Crippen LogP contribution is -2.14. The number of aromatic nitrogens is 2. The Bertz CT molecular complexity index is 768. The molecule has 0 saturated heterocycles. The first-order valence-electron chi connectivity index (χ1n) is 5.51. The molecule has 1 heterocycles. The number of anilines is 2. The second kappa shape index (κ2) is 3.66. The van der Waals surface area contributed by atoms with Gasteiger partial charge in [-0.1, -0.05) is 0 Å². The summed E-state index contributed by atoms with van der Waals surface area (Å²) in [5.41, 5.74) is 14.7. The number of benzene rings is 2. The topological polar surface area (TPSA) is 89.8 Å². The Kier molecular flexibility index (Phi) is 2.13. The molecule has 0 atom stereocenters. The van der Waals surface area contributed by atoms with Gasteiger partial charge in [-0.05, 0) is 42.5 Å². The van der Waals surface area contributed by atoms with E-state index in [-0.39, 0.29) is 5.69 Å². The van der Waals surface area contributed by atoms with Crippen LogP contribution in [0.5, 0.6) is 0 Å². The van der Waals surface area contributed by atoms with E-state index in [1.165, 1.54) is 0 Å². The monoisotopic (exact) mass is 240 g/mol. The van der Waals surface area contributed by atoms with Crippen LogP contribution < -0.4 is 17.2 Å². The van der Waals surface area contributed by atoms with Crippen molar-refractivity contribution in [3.05, 3.63) is 52.9 Å². The van der Waals surface area contributed by atoms with Crippen LogP contribution in [0.2, 0.25) is 0 Å². The van der Waals surface area contributed by atoms with Gasteiger partial charge in [-0.2, -0.15) is 0 Å². The molecule has 2 aromatic carbocycles. The van der Waals surface area contributed by atoms with Crippen LogP contribution in [0.25, 0.3) is 16.7 Å². The van der Waals surface area contributed by atoms with E-state index in [1.807, 2.05) is 6.07 Å². The number of hydrogen-bond acceptors (Lipinski definition) is 3. The van der Waals surface area contributed by atoms with E-state index in [2.05, 4.69) is 4.98 Å². The zero-order valence-corrected chi connectivity index (χ0v) is 9.55. The van der Waals surface area contributed by atoms with Crippen LogP contribution in [0.15, 0.2) is 47.3 Å². The quantitative estimate of drug-likeness (QED) is 0.563. The van der Waals surface area contributed by atoms with Gasteiger partial charge in [0.25, 0.3) is 0 Å². The molecule has 5 N–H and O–H groups in total. The third kappa shape index (κ3) is 1.53. The highest BCUT2D eigenvalue weighted by atomic mass is 16.1. The van der Waals surface area contributed by atoms with Gasteiger partial charge < -0.3 is 16.5 Å². The summed E-state index contributed by atoms with van der Waals surface area (Å²) in [6.45, 7) is 0. The van der Waals surface area contributed by atoms with E-state index in [1.54, 1.807) is 41.0 Å². The van der Waals surface area contributed by atoms with Crippen molar-refractivity contribution in [1.82, 2.24) is 9.55 Å². The van der Waals surface area contributed by atoms with Crippen LogP contribution in [0, 0.1) is 0 Å². The van der Waals surface area contributed by atoms with Gasteiger partial charge in [-0.15, -0.1) is 0 Å². The summed E-state index contributed by atoms with van der Waals surface area (Å²) in [6, 6.07) is 12.5. The Labute approximate surface area is 103 Å². The molecule has 5 nitrogen and oxygen atoms in total. The van der Waals surface area contributed by atoms with E-state index in [0.29, 0.717) is 11.4 Å². The van der Waals surface area contributed by atoms with Crippen molar-refractivity contribution in [2.45, 2.75) is 0 Å². The molecule has 5 heteroatoms. The smallest absolute Gasteiger partial charge is 0.331 e. The van der Waals surface area contributed by atoms with Gasteiger partial charge in [0.1, 0.15) is 0 Å². The van der Waals surface area contributed by atoms with Crippen molar-refractivity contribution >= 4 is 22.4 Å². The molecule has 0 radical (unpaired) electrons. The van der Waals surface area contributed by atoms with Crippen molar-refractivity contribution < 1.29 is 0 Å². The number of nitrogens with zero attached hydrogens (tertiary/aromatic N) is 1. The molecule has 0 aliphatic rings. The predicted molar refractivity (Wildman–Crippen MR) is 72.7 cm³/mol. The molecule has 3 aromatic rings. The lowest BCUT2D eigenvalue weighted by Gasteiger charge is -2.03. The fourth-order valence-electron chi connectivity index (χ4n) is 2.01. The van der Waals surface area contributed by atoms with Crippen LogP contribution in [0.1, 0.15) is 0 Å². The minimum atomic E-state index is -0.194. The Balaban J connectivity index is 2.32. The third-order valence-electron chi connectivity index (χ3n) is 2.86. The molecule has 0 fully saturated rings. The Hall–Kier alpha value is -2.69. The number of fused-ring (bicyclic) bond motifs is 1. The Morgan fingerprint density at radius 2 is 1.61 bits per heavy atom. The molecule has 1 aromatic heterocycles. The number of H-pyrrole nitrogens is 1. The summed E-state index contributed by atoms with van der Waals surface area (Å²) in [4.78, 5) is 14.7. The van der Waals surface area contributed by atoms with Crippen LogP contribution in [-0.2, 0) is 0 Å². The van der Waals surface area contributed by atoms with Crippen molar-refractivity contribution in [2.24, 2.45) is 0 Å². The maximum atomic E-state index is 12.0. The molecular weight excluding hydrogens is 228 g/mol. The van der Waals surface area contributed by atoms with Crippen molar-refractivity contribution in [3.63, 3.8) is 0 Å². The number of nitrogens with two attached hydrogens (primary N) is 2. The fraction of sp³-hybridized carbons (Fsp3) is 0. The predicted octanol–water partition coefficient (Wildman–Crippen LogP) is 1.48. The van der Waals surface area contributed by atoms with E-state index in [0.717, 1.165) is 16.7 Å². The summed E-state index contributed by atoms with van der Waals surface area (Å²) >= 11 is 0. The first-order valence-corrected chi connectivity index (χ1v) is 5.51. The SMILES string of the molecule is Nc1ccc(-n2c(=O)[nH]c3cc(N)ccc32)cc1. The first kappa shape index (κ1) is 10.5. The summed E-state index contributed by atoms with van der Waals surface area (Å²) < 4.78 is 1.59. The molecule has 0 aliphatic heterocycles. The number of nitrogen functional groups attached to an aromatic ring is 2. The molecule has 0 aliphatic carbocycles. The zero-order chi connectivity index (χ0) is 12.7. The van der Waals surface area contributed by atoms with Crippen LogP contribution >= 0.6 is 0 Å². The van der Waals surface area contributed by atoms with E-state index in [4.69, 9.17) is 11.5 Å². The summed E-state index contributed by atoms with van der Waals surface area (Å²) in [7, 11) is 0. The molecule has 0 unspecified atom stereocenters. The average Bonchev–Trinajstić information content (AvgIpc) is 2.65. The summed E-state index contributed by atoms with van der Waals surface area (Å²) in [5.74, 6) is 0. The standard InChI is InChI=1S/C13H12N4O/c14-8-1-4-10(5-2-8)17-12-6-3-9(15)7-11(12)16-13(17)18/h1-7H,14-15H2,(H,16,18). The summed E-state index contributed by atoms with van der Waals surface area (Å²) in [6.07, 6.45) is 0. The number of imidazole rings is 1. The Morgan fingerprint density at radius 3 is 2.33 bits per heavy atom. The lowest BCUT2D eigenvalue weighted by molar-refractivity contribution is 1.02. The molecule has 90 valence electrons. The van der Waals surface area contributed by atoms with Gasteiger partial charge in [-0.3, -0.25) is 4.57 Å². The average molecular weight is 240 g/mol. The number of aromatic amines is 1. The first-order chi connectivity index (χ1) is 8.65. The fourth-order valence-corrected chi connectivity index (χ4v) is 2.01. The minimum absolute atomic E-state index is 0.194. The van der Waals surface area contributed by atoms with Gasteiger partial charge in [-0.25, -0.2) is 4.79 Å². The molecule has 18 heavy (non-hydrogen) atoms. The normalized spacial score (nSPS) is 10.9. The van der Waals surface area contributed by atoms with Gasteiger partial charge in [0.2, 0.25) is 0 Å². The summed E-state index contributed by atoms with van der Waals surface area (Å²) in [5, 5.41) is 0. The van der Waals surface area contributed by atoms with Gasteiger partial charge in [0.05, 0.1) is 16.7 Å². The minimum Gasteiger partial charge on any atom is -0.399 e. The van der Waals surface area contributed by atoms with E-state index in [9.17, 15) is 4.79 Å². The molecule has 0 bridgehead atoms. The maximum absolute atomic E-state index is 12.0. The number of hydrogen-bond donors (Lipinski definition) is 3. The van der Waals surface area contributed by atoms with Crippen molar-refractivity contribution in [3.8, 4) is 5.69 Å². The van der Waals surface area contributed by atoms with Crippen LogP contribution in [-0.4, -0.2) is 9.55 Å². The second-order valence-electron chi connectivity index (χ2n) is 4.13. The van der Waals surface area contributed by atoms with Crippen LogP contribution in [0.3, 0.4) is 0 Å². The molecular formula is C13H12N4O. The van der Waals surface area contributed by atoms with Gasteiger partial charge in [0, 0.05) is 11.4 Å². The highest BCUT2D eigenvalue weighted by Gasteiger charge is 2.08. The molecule has 3 rings (SSSR count). The number of nitrogens with one attached hydrogen (secondary N) is 1. The number of rotatable bonds is 1. The van der Waals surface area contributed by atoms with Crippen LogP contribution in [0.4, 0.5) is 11.4 Å². The van der Waals surface area contributed by atoms with Crippen molar-refractivity contribution in [1.29, 1.82) is 0 Å². The third-order valence-corrected chi connectivity index (χ3v) is 2.86. The lowest BCUT2D eigenvalue weighted by atomic mass is 10.2. The van der Waals surface area contributed by atoms with E-state index < -0.39 is 0 Å². The largest absolute Gasteiger partial charge is 0.399 e.